The predicted molar refractivity (Wildman–Crippen MR) is 65.6 cm³/mol. The summed E-state index contributed by atoms with van der Waals surface area (Å²) in [5.74, 6) is 0.821. The topological polar surface area (TPSA) is 33.0 Å². The molecule has 0 heterocycles. The highest BCUT2D eigenvalue weighted by Gasteiger charge is 2.19. The highest BCUT2D eigenvalue weighted by molar-refractivity contribution is 5.41. The first-order valence-corrected chi connectivity index (χ1v) is 5.52. The molecule has 0 spiro atoms. The van der Waals surface area contributed by atoms with Gasteiger partial charge in [-0.3, -0.25) is 0 Å². The normalized spacial score (nSPS) is 13.0. The summed E-state index contributed by atoms with van der Waals surface area (Å²) in [5, 5.41) is 8.78. The zero-order valence-electron chi connectivity index (χ0n) is 10.7. The lowest BCUT2D eigenvalue weighted by molar-refractivity contribution is 0.269. The Morgan fingerprint density at radius 3 is 2.44 bits per heavy atom. The Balaban J connectivity index is 3.15. The van der Waals surface area contributed by atoms with Crippen LogP contribution in [0.15, 0.2) is 18.2 Å². The number of hydrogen-bond donors (Lipinski definition) is 0. The maximum absolute atomic E-state index is 8.78. The number of rotatable bonds is 2. The number of nitrogens with zero attached hydrogens (tertiary/aromatic N) is 1. The molecule has 1 aromatic carbocycles. The molecule has 1 rings (SSSR count). The SMILES string of the molecule is Cc1ccc(C(C)(C)C)c(OC(C)C#N)c1. The van der Waals surface area contributed by atoms with E-state index in [-0.39, 0.29) is 5.41 Å². The number of aryl methyl sites for hydroxylation is 1. The van der Waals surface area contributed by atoms with E-state index < -0.39 is 6.10 Å². The largest absolute Gasteiger partial charge is 0.476 e. The van der Waals surface area contributed by atoms with Crippen molar-refractivity contribution in [3.63, 3.8) is 0 Å². The summed E-state index contributed by atoms with van der Waals surface area (Å²) in [5.41, 5.74) is 2.31. The molecule has 0 saturated heterocycles. The quantitative estimate of drug-likeness (QED) is 0.758. The zero-order valence-corrected chi connectivity index (χ0v) is 10.7. The maximum Gasteiger partial charge on any atom is 0.181 e. The average Bonchev–Trinajstić information content (AvgIpc) is 2.15. The highest BCUT2D eigenvalue weighted by atomic mass is 16.5. The van der Waals surface area contributed by atoms with Crippen LogP contribution in [0.2, 0.25) is 0 Å². The van der Waals surface area contributed by atoms with Crippen molar-refractivity contribution in [1.29, 1.82) is 5.26 Å². The second-order valence-corrected chi connectivity index (χ2v) is 5.14. The predicted octanol–water partition coefficient (Wildman–Crippen LogP) is 3.58. The summed E-state index contributed by atoms with van der Waals surface area (Å²) in [6, 6.07) is 8.24. The Hall–Kier alpha value is -1.49. The van der Waals surface area contributed by atoms with E-state index in [1.807, 2.05) is 13.0 Å². The molecule has 0 fully saturated rings. The van der Waals surface area contributed by atoms with E-state index in [1.165, 1.54) is 0 Å². The molecule has 16 heavy (non-hydrogen) atoms. The van der Waals surface area contributed by atoms with Crippen molar-refractivity contribution in [2.75, 3.05) is 0 Å². The van der Waals surface area contributed by atoms with E-state index in [9.17, 15) is 0 Å². The first kappa shape index (κ1) is 12.6. The van der Waals surface area contributed by atoms with Crippen LogP contribution in [-0.4, -0.2) is 6.10 Å². The van der Waals surface area contributed by atoms with Crippen LogP contribution in [0.25, 0.3) is 0 Å². The van der Waals surface area contributed by atoms with Gasteiger partial charge < -0.3 is 4.74 Å². The van der Waals surface area contributed by atoms with Crippen molar-refractivity contribution in [3.05, 3.63) is 29.3 Å². The van der Waals surface area contributed by atoms with Gasteiger partial charge >= 0.3 is 0 Å². The smallest absolute Gasteiger partial charge is 0.181 e. The van der Waals surface area contributed by atoms with Crippen LogP contribution in [0, 0.1) is 18.3 Å². The number of hydrogen-bond acceptors (Lipinski definition) is 2. The summed E-state index contributed by atoms with van der Waals surface area (Å²) in [6.07, 6.45) is -0.414. The Morgan fingerprint density at radius 1 is 1.31 bits per heavy atom. The summed E-state index contributed by atoms with van der Waals surface area (Å²) in [6.45, 7) is 10.2. The molecule has 0 aliphatic carbocycles. The fourth-order valence-corrected chi connectivity index (χ4v) is 1.56. The van der Waals surface area contributed by atoms with Gasteiger partial charge in [0.1, 0.15) is 11.8 Å². The number of ether oxygens (including phenoxy) is 1. The molecular weight excluding hydrogens is 198 g/mol. The molecule has 2 heteroatoms. The minimum atomic E-state index is -0.414. The van der Waals surface area contributed by atoms with Crippen LogP contribution in [0.5, 0.6) is 5.75 Å². The van der Waals surface area contributed by atoms with Crippen LogP contribution in [-0.2, 0) is 5.41 Å². The van der Waals surface area contributed by atoms with Gasteiger partial charge in [0.15, 0.2) is 6.10 Å². The lowest BCUT2D eigenvalue weighted by Crippen LogP contribution is -2.16. The maximum atomic E-state index is 8.78. The van der Waals surface area contributed by atoms with Gasteiger partial charge in [-0.1, -0.05) is 32.9 Å². The van der Waals surface area contributed by atoms with Crippen molar-refractivity contribution in [2.24, 2.45) is 0 Å². The van der Waals surface area contributed by atoms with Gasteiger partial charge in [-0.15, -0.1) is 0 Å². The molecule has 1 atom stereocenters. The second-order valence-electron chi connectivity index (χ2n) is 5.14. The van der Waals surface area contributed by atoms with E-state index in [0.29, 0.717) is 0 Å². The number of benzene rings is 1. The summed E-state index contributed by atoms with van der Waals surface area (Å²) < 4.78 is 5.64. The van der Waals surface area contributed by atoms with E-state index in [4.69, 9.17) is 10.00 Å². The Labute approximate surface area is 97.9 Å². The molecule has 0 radical (unpaired) electrons. The molecule has 0 aromatic heterocycles. The molecule has 86 valence electrons. The molecule has 1 unspecified atom stereocenters. The van der Waals surface area contributed by atoms with Crippen LogP contribution in [0.3, 0.4) is 0 Å². The first-order valence-electron chi connectivity index (χ1n) is 5.52. The van der Waals surface area contributed by atoms with E-state index in [2.05, 4.69) is 39.0 Å². The fourth-order valence-electron chi connectivity index (χ4n) is 1.56. The standard InChI is InChI=1S/C14H19NO/c1-10-6-7-12(14(3,4)5)13(8-10)16-11(2)9-15/h6-8,11H,1-5H3. The lowest BCUT2D eigenvalue weighted by atomic mass is 9.86. The molecule has 0 aliphatic heterocycles. The zero-order chi connectivity index (χ0) is 12.3. The molecule has 0 amide bonds. The van der Waals surface area contributed by atoms with Gasteiger partial charge in [-0.05, 0) is 36.5 Å². The van der Waals surface area contributed by atoms with Crippen molar-refractivity contribution in [2.45, 2.75) is 46.1 Å². The molecule has 1 aromatic rings. The van der Waals surface area contributed by atoms with Crippen LogP contribution in [0.4, 0.5) is 0 Å². The number of nitriles is 1. The Bertz CT molecular complexity index is 410. The summed E-state index contributed by atoms with van der Waals surface area (Å²) in [7, 11) is 0. The molecule has 2 nitrogen and oxygen atoms in total. The summed E-state index contributed by atoms with van der Waals surface area (Å²) in [4.78, 5) is 0. The molecule has 0 saturated carbocycles. The van der Waals surface area contributed by atoms with Crippen LogP contribution in [0.1, 0.15) is 38.8 Å². The monoisotopic (exact) mass is 217 g/mol. The van der Waals surface area contributed by atoms with E-state index >= 15 is 0 Å². The van der Waals surface area contributed by atoms with E-state index in [0.717, 1.165) is 16.9 Å². The molecular formula is C14H19NO. The second kappa shape index (κ2) is 4.57. The lowest BCUT2D eigenvalue weighted by Gasteiger charge is -2.23. The third-order valence-corrected chi connectivity index (χ3v) is 2.43. The van der Waals surface area contributed by atoms with Crippen molar-refractivity contribution in [3.8, 4) is 11.8 Å². The minimum absolute atomic E-state index is 0.0260. The fraction of sp³-hybridized carbons (Fsp3) is 0.500. The van der Waals surface area contributed by atoms with Gasteiger partial charge in [-0.25, -0.2) is 0 Å². The third kappa shape index (κ3) is 3.00. The molecule has 0 bridgehead atoms. The summed E-state index contributed by atoms with van der Waals surface area (Å²) >= 11 is 0. The Morgan fingerprint density at radius 2 is 1.94 bits per heavy atom. The van der Waals surface area contributed by atoms with Gasteiger partial charge in [0.2, 0.25) is 0 Å². The Kier molecular flexibility index (Phi) is 3.59. The van der Waals surface area contributed by atoms with E-state index in [1.54, 1.807) is 6.92 Å². The average molecular weight is 217 g/mol. The molecule has 0 aliphatic rings. The molecule has 0 N–H and O–H groups in total. The van der Waals surface area contributed by atoms with Gasteiger partial charge in [-0.2, -0.15) is 5.26 Å². The van der Waals surface area contributed by atoms with Gasteiger partial charge in [0.25, 0.3) is 0 Å². The highest BCUT2D eigenvalue weighted by Crippen LogP contribution is 2.32. The van der Waals surface area contributed by atoms with Crippen LogP contribution >= 0.6 is 0 Å². The van der Waals surface area contributed by atoms with Gasteiger partial charge in [0.05, 0.1) is 0 Å². The van der Waals surface area contributed by atoms with Crippen LogP contribution < -0.4 is 4.74 Å². The van der Waals surface area contributed by atoms with Gasteiger partial charge in [0, 0.05) is 0 Å². The van der Waals surface area contributed by atoms with Crippen molar-refractivity contribution < 1.29 is 4.74 Å². The van der Waals surface area contributed by atoms with Crippen molar-refractivity contribution >= 4 is 0 Å². The van der Waals surface area contributed by atoms with Crippen molar-refractivity contribution in [1.82, 2.24) is 0 Å². The third-order valence-electron chi connectivity index (χ3n) is 2.43. The first-order chi connectivity index (χ1) is 7.34. The minimum Gasteiger partial charge on any atom is -0.476 e.